The van der Waals surface area contributed by atoms with Gasteiger partial charge < -0.3 is 14.3 Å². The van der Waals surface area contributed by atoms with Crippen LogP contribution < -0.4 is 5.63 Å². The number of esters is 1. The van der Waals surface area contributed by atoms with Gasteiger partial charge in [-0.25, -0.2) is 9.59 Å². The van der Waals surface area contributed by atoms with E-state index in [0.717, 1.165) is 5.56 Å². The van der Waals surface area contributed by atoms with Crippen molar-refractivity contribution in [2.24, 2.45) is 0 Å². The first-order valence-corrected chi connectivity index (χ1v) is 6.61. The van der Waals surface area contributed by atoms with Gasteiger partial charge in [-0.2, -0.15) is 0 Å². The van der Waals surface area contributed by atoms with Crippen LogP contribution in [0.25, 0.3) is 11.0 Å². The molecule has 1 heterocycles. The SMILES string of the molecule is O=C(OCc1ccccc1)c1cc2ccc(O)cc2oc1=O. The van der Waals surface area contributed by atoms with E-state index < -0.39 is 11.6 Å². The van der Waals surface area contributed by atoms with Crippen molar-refractivity contribution in [2.45, 2.75) is 6.61 Å². The van der Waals surface area contributed by atoms with Gasteiger partial charge in [-0.3, -0.25) is 0 Å². The molecule has 3 rings (SSSR count). The Bertz CT molecular complexity index is 880. The Labute approximate surface area is 125 Å². The van der Waals surface area contributed by atoms with Crippen LogP contribution in [0.3, 0.4) is 0 Å². The second-order valence-electron chi connectivity index (χ2n) is 4.73. The van der Waals surface area contributed by atoms with Crippen LogP contribution >= 0.6 is 0 Å². The molecule has 0 saturated carbocycles. The van der Waals surface area contributed by atoms with E-state index in [4.69, 9.17) is 9.15 Å². The minimum absolute atomic E-state index is 0.0185. The molecule has 0 atom stereocenters. The molecule has 3 aromatic rings. The average molecular weight is 296 g/mol. The number of carbonyl (C=O) groups is 1. The van der Waals surface area contributed by atoms with Gasteiger partial charge in [-0.05, 0) is 23.8 Å². The summed E-state index contributed by atoms with van der Waals surface area (Å²) in [4.78, 5) is 23.9. The summed E-state index contributed by atoms with van der Waals surface area (Å²) in [5, 5.41) is 9.89. The Kier molecular flexibility index (Phi) is 3.62. The number of phenols is 1. The fourth-order valence-corrected chi connectivity index (χ4v) is 2.04. The Balaban J connectivity index is 1.86. The lowest BCUT2D eigenvalue weighted by Crippen LogP contribution is -2.16. The maximum Gasteiger partial charge on any atom is 0.351 e. The summed E-state index contributed by atoms with van der Waals surface area (Å²) in [6.07, 6.45) is 0. The van der Waals surface area contributed by atoms with Gasteiger partial charge in [0.2, 0.25) is 0 Å². The lowest BCUT2D eigenvalue weighted by atomic mass is 10.2. The lowest BCUT2D eigenvalue weighted by Gasteiger charge is -2.05. The normalized spacial score (nSPS) is 10.5. The first kappa shape index (κ1) is 13.9. The Morgan fingerprint density at radius 3 is 2.64 bits per heavy atom. The van der Waals surface area contributed by atoms with E-state index in [1.54, 1.807) is 6.07 Å². The van der Waals surface area contributed by atoms with Gasteiger partial charge in [0.05, 0.1) is 0 Å². The van der Waals surface area contributed by atoms with Crippen molar-refractivity contribution in [1.82, 2.24) is 0 Å². The van der Waals surface area contributed by atoms with Gasteiger partial charge in [0, 0.05) is 11.5 Å². The smallest absolute Gasteiger partial charge is 0.351 e. The number of benzene rings is 2. The van der Waals surface area contributed by atoms with Crippen LogP contribution in [0.1, 0.15) is 15.9 Å². The third kappa shape index (κ3) is 2.83. The van der Waals surface area contributed by atoms with Crippen LogP contribution in [-0.2, 0) is 11.3 Å². The molecule has 5 nitrogen and oxygen atoms in total. The second-order valence-corrected chi connectivity index (χ2v) is 4.73. The zero-order valence-corrected chi connectivity index (χ0v) is 11.5. The molecule has 1 aromatic heterocycles. The van der Waals surface area contributed by atoms with Crippen molar-refractivity contribution in [2.75, 3.05) is 0 Å². The summed E-state index contributed by atoms with van der Waals surface area (Å²) >= 11 is 0. The summed E-state index contributed by atoms with van der Waals surface area (Å²) in [6.45, 7) is 0.0761. The molecular weight excluding hydrogens is 284 g/mol. The summed E-state index contributed by atoms with van der Waals surface area (Å²) < 4.78 is 10.1. The van der Waals surface area contributed by atoms with Crippen LogP contribution in [0, 0.1) is 0 Å². The molecular formula is C17H12O5. The summed E-state index contributed by atoms with van der Waals surface area (Å²) in [5.41, 5.74) is 0.0702. The van der Waals surface area contributed by atoms with Crippen LogP contribution in [0.4, 0.5) is 0 Å². The number of aromatic hydroxyl groups is 1. The molecule has 0 aliphatic rings. The maximum atomic E-state index is 12.0. The number of phenolic OH excluding ortho intramolecular Hbond substituents is 1. The maximum absolute atomic E-state index is 12.0. The quantitative estimate of drug-likeness (QED) is 0.594. The minimum atomic E-state index is -0.795. The van der Waals surface area contributed by atoms with Crippen molar-refractivity contribution in [3.63, 3.8) is 0 Å². The monoisotopic (exact) mass is 296 g/mol. The standard InChI is InChI=1S/C17H12O5/c18-13-7-6-12-8-14(17(20)22-15(12)9-13)16(19)21-10-11-4-2-1-3-5-11/h1-9,18H,10H2. The van der Waals surface area contributed by atoms with Gasteiger partial charge in [0.1, 0.15) is 23.5 Å². The fourth-order valence-electron chi connectivity index (χ4n) is 2.04. The van der Waals surface area contributed by atoms with Gasteiger partial charge in [-0.15, -0.1) is 0 Å². The molecule has 0 amide bonds. The third-order valence-electron chi connectivity index (χ3n) is 3.15. The molecule has 0 bridgehead atoms. The van der Waals surface area contributed by atoms with Gasteiger partial charge in [-0.1, -0.05) is 30.3 Å². The van der Waals surface area contributed by atoms with Gasteiger partial charge in [0.25, 0.3) is 0 Å². The molecule has 5 heteroatoms. The highest BCUT2D eigenvalue weighted by molar-refractivity contribution is 5.93. The van der Waals surface area contributed by atoms with Crippen molar-refractivity contribution >= 4 is 16.9 Å². The Morgan fingerprint density at radius 1 is 1.09 bits per heavy atom. The number of hydrogen-bond donors (Lipinski definition) is 1. The van der Waals surface area contributed by atoms with Gasteiger partial charge in [0.15, 0.2) is 0 Å². The predicted molar refractivity (Wildman–Crippen MR) is 79.7 cm³/mol. The first-order valence-electron chi connectivity index (χ1n) is 6.61. The average Bonchev–Trinajstić information content (AvgIpc) is 2.53. The Morgan fingerprint density at radius 2 is 1.86 bits per heavy atom. The highest BCUT2D eigenvalue weighted by atomic mass is 16.5. The molecule has 0 radical (unpaired) electrons. The zero-order chi connectivity index (χ0) is 15.5. The molecule has 0 saturated heterocycles. The highest BCUT2D eigenvalue weighted by Gasteiger charge is 2.15. The van der Waals surface area contributed by atoms with Crippen molar-refractivity contribution in [3.05, 3.63) is 76.1 Å². The third-order valence-corrected chi connectivity index (χ3v) is 3.15. The molecule has 0 unspecified atom stereocenters. The molecule has 2 aromatic carbocycles. The minimum Gasteiger partial charge on any atom is -0.508 e. The van der Waals surface area contributed by atoms with Crippen molar-refractivity contribution in [3.8, 4) is 5.75 Å². The second kappa shape index (κ2) is 5.73. The van der Waals surface area contributed by atoms with Crippen LogP contribution in [0.2, 0.25) is 0 Å². The number of hydrogen-bond acceptors (Lipinski definition) is 5. The molecule has 0 aliphatic heterocycles. The van der Waals surface area contributed by atoms with E-state index in [9.17, 15) is 14.7 Å². The number of fused-ring (bicyclic) bond motifs is 1. The van der Waals surface area contributed by atoms with E-state index in [0.29, 0.717) is 5.39 Å². The molecule has 0 fully saturated rings. The van der Waals surface area contributed by atoms with Crippen molar-refractivity contribution < 1.29 is 19.1 Å². The Hall–Kier alpha value is -3.08. The molecule has 22 heavy (non-hydrogen) atoms. The van der Waals surface area contributed by atoms with Crippen molar-refractivity contribution in [1.29, 1.82) is 0 Å². The van der Waals surface area contributed by atoms with E-state index in [1.807, 2.05) is 30.3 Å². The van der Waals surface area contributed by atoms with Gasteiger partial charge >= 0.3 is 11.6 Å². The number of ether oxygens (including phenoxy) is 1. The highest BCUT2D eigenvalue weighted by Crippen LogP contribution is 2.19. The molecule has 110 valence electrons. The van der Waals surface area contributed by atoms with E-state index >= 15 is 0 Å². The summed E-state index contributed by atoms with van der Waals surface area (Å²) in [5.74, 6) is -0.761. The topological polar surface area (TPSA) is 76.7 Å². The van der Waals surface area contributed by atoms with E-state index in [2.05, 4.69) is 0 Å². The largest absolute Gasteiger partial charge is 0.508 e. The van der Waals surface area contributed by atoms with E-state index in [1.165, 1.54) is 18.2 Å². The lowest BCUT2D eigenvalue weighted by molar-refractivity contribution is 0.0468. The van der Waals surface area contributed by atoms with Crippen LogP contribution in [-0.4, -0.2) is 11.1 Å². The molecule has 1 N–H and O–H groups in total. The zero-order valence-electron chi connectivity index (χ0n) is 11.5. The van der Waals surface area contributed by atoms with Crippen LogP contribution in [0.5, 0.6) is 5.75 Å². The van der Waals surface area contributed by atoms with Crippen LogP contribution in [0.15, 0.2) is 63.8 Å². The fraction of sp³-hybridized carbons (Fsp3) is 0.0588. The van der Waals surface area contributed by atoms with E-state index in [-0.39, 0.29) is 23.5 Å². The number of rotatable bonds is 3. The molecule has 0 aliphatic carbocycles. The first-order chi connectivity index (χ1) is 10.6. The predicted octanol–water partition coefficient (Wildman–Crippen LogP) is 2.86. The summed E-state index contributed by atoms with van der Waals surface area (Å²) in [6, 6.07) is 14.9. The number of carbonyl (C=O) groups excluding carboxylic acids is 1. The summed E-state index contributed by atoms with van der Waals surface area (Å²) in [7, 11) is 0. The molecule has 0 spiro atoms.